The van der Waals surface area contributed by atoms with E-state index in [4.69, 9.17) is 4.12 Å². The molecule has 3 heteroatoms. The van der Waals surface area contributed by atoms with Crippen molar-refractivity contribution >= 4 is 16.6 Å². The van der Waals surface area contributed by atoms with Crippen molar-refractivity contribution in [2.45, 2.75) is 47.0 Å². The SMILES string of the molecule is C=C[Si](C)(C)O[Si](C)(C)C=C.CC(C)C. The summed E-state index contributed by atoms with van der Waals surface area (Å²) in [7, 11) is -3.16. The zero-order valence-electron chi connectivity index (χ0n) is 11.6. The summed E-state index contributed by atoms with van der Waals surface area (Å²) in [6, 6.07) is 0. The summed E-state index contributed by atoms with van der Waals surface area (Å²) in [5, 5.41) is 0. The van der Waals surface area contributed by atoms with Crippen LogP contribution in [0.15, 0.2) is 24.6 Å². The molecular formula is C12H28OSi2. The smallest absolute Gasteiger partial charge is 0.198 e. The topological polar surface area (TPSA) is 9.23 Å². The summed E-state index contributed by atoms with van der Waals surface area (Å²) in [4.78, 5) is 0. The highest BCUT2D eigenvalue weighted by molar-refractivity contribution is 6.89. The standard InChI is InChI=1S/C8H18OSi2.C4H10/c1-7-10(3,4)9-11(5,6)8-2;1-4(2)3/h7-8H,1-2H2,3-6H3;4H,1-3H3. The molecule has 0 aromatic rings. The lowest BCUT2D eigenvalue weighted by Gasteiger charge is -2.29. The second kappa shape index (κ2) is 7.20. The molecular weight excluding hydrogens is 216 g/mol. The van der Waals surface area contributed by atoms with Gasteiger partial charge in [-0.25, -0.2) is 0 Å². The minimum atomic E-state index is -1.58. The van der Waals surface area contributed by atoms with Gasteiger partial charge in [-0.05, 0) is 32.1 Å². The van der Waals surface area contributed by atoms with Crippen molar-refractivity contribution in [1.82, 2.24) is 0 Å². The van der Waals surface area contributed by atoms with Crippen molar-refractivity contribution in [3.05, 3.63) is 24.6 Å². The first-order valence-corrected chi connectivity index (χ1v) is 11.5. The maximum Gasteiger partial charge on any atom is 0.198 e. The van der Waals surface area contributed by atoms with Gasteiger partial charge in [-0.1, -0.05) is 32.2 Å². The van der Waals surface area contributed by atoms with Gasteiger partial charge in [0.05, 0.1) is 0 Å². The summed E-state index contributed by atoms with van der Waals surface area (Å²) < 4.78 is 5.97. The molecule has 0 atom stereocenters. The summed E-state index contributed by atoms with van der Waals surface area (Å²) in [6.07, 6.45) is 0. The van der Waals surface area contributed by atoms with Crippen LogP contribution in [0.4, 0.5) is 0 Å². The molecule has 1 nitrogen and oxygen atoms in total. The molecule has 0 heterocycles. The van der Waals surface area contributed by atoms with E-state index in [0.29, 0.717) is 0 Å². The third-order valence-corrected chi connectivity index (χ3v) is 7.68. The molecule has 90 valence electrons. The molecule has 0 spiro atoms. The molecule has 0 aromatic carbocycles. The van der Waals surface area contributed by atoms with E-state index >= 15 is 0 Å². The highest BCUT2D eigenvalue weighted by Gasteiger charge is 2.27. The van der Waals surface area contributed by atoms with Crippen LogP contribution in [-0.2, 0) is 4.12 Å². The molecule has 0 radical (unpaired) electrons. The molecule has 0 aliphatic heterocycles. The Morgan fingerprint density at radius 2 is 1.07 bits per heavy atom. The molecule has 0 aliphatic carbocycles. The monoisotopic (exact) mass is 244 g/mol. The van der Waals surface area contributed by atoms with Crippen LogP contribution >= 0.6 is 0 Å². The van der Waals surface area contributed by atoms with Gasteiger partial charge >= 0.3 is 0 Å². The van der Waals surface area contributed by atoms with Crippen molar-refractivity contribution in [2.75, 3.05) is 0 Å². The Bertz CT molecular complexity index is 175. The quantitative estimate of drug-likeness (QED) is 0.660. The van der Waals surface area contributed by atoms with E-state index in [-0.39, 0.29) is 0 Å². The summed E-state index contributed by atoms with van der Waals surface area (Å²) >= 11 is 0. The van der Waals surface area contributed by atoms with Crippen LogP contribution in [0.5, 0.6) is 0 Å². The minimum Gasteiger partial charge on any atom is -0.449 e. The average molecular weight is 245 g/mol. The van der Waals surface area contributed by atoms with Crippen molar-refractivity contribution < 1.29 is 4.12 Å². The number of rotatable bonds is 4. The van der Waals surface area contributed by atoms with Gasteiger partial charge in [0.15, 0.2) is 16.6 Å². The third-order valence-electron chi connectivity index (χ3n) is 1.51. The summed E-state index contributed by atoms with van der Waals surface area (Å²) in [5.74, 6) is 0.833. The van der Waals surface area contributed by atoms with Gasteiger partial charge in [0.25, 0.3) is 0 Å². The molecule has 0 saturated carbocycles. The number of hydrogen-bond donors (Lipinski definition) is 0. The molecule has 0 N–H and O–H groups in total. The van der Waals surface area contributed by atoms with Crippen LogP contribution in [0.2, 0.25) is 26.2 Å². The van der Waals surface area contributed by atoms with E-state index in [0.717, 1.165) is 5.92 Å². The highest BCUT2D eigenvalue weighted by atomic mass is 28.4. The zero-order valence-corrected chi connectivity index (χ0v) is 13.6. The van der Waals surface area contributed by atoms with E-state index in [1.807, 2.05) is 11.4 Å². The Kier molecular flexibility index (Phi) is 8.29. The summed E-state index contributed by atoms with van der Waals surface area (Å²) in [5.41, 5.74) is 3.93. The Morgan fingerprint density at radius 1 is 0.867 bits per heavy atom. The van der Waals surface area contributed by atoms with Gasteiger partial charge in [0, 0.05) is 0 Å². The lowest BCUT2D eigenvalue weighted by atomic mass is 10.3. The summed E-state index contributed by atoms with van der Waals surface area (Å²) in [6.45, 7) is 22.7. The van der Waals surface area contributed by atoms with Crippen LogP contribution in [0, 0.1) is 5.92 Å². The molecule has 0 unspecified atom stereocenters. The lowest BCUT2D eigenvalue weighted by molar-refractivity contribution is 0.571. The van der Waals surface area contributed by atoms with Gasteiger partial charge in [-0.15, -0.1) is 13.2 Å². The molecule has 0 aromatic heterocycles. The first kappa shape index (κ1) is 17.3. The average Bonchev–Trinajstić information content (AvgIpc) is 2.02. The Morgan fingerprint density at radius 3 is 1.20 bits per heavy atom. The van der Waals surface area contributed by atoms with Gasteiger partial charge in [0.1, 0.15) is 0 Å². The van der Waals surface area contributed by atoms with E-state index < -0.39 is 16.6 Å². The largest absolute Gasteiger partial charge is 0.449 e. The van der Waals surface area contributed by atoms with E-state index in [9.17, 15) is 0 Å². The van der Waals surface area contributed by atoms with Gasteiger partial charge in [0.2, 0.25) is 0 Å². The van der Waals surface area contributed by atoms with E-state index in [2.05, 4.69) is 60.1 Å². The molecule has 0 aliphatic rings. The first-order chi connectivity index (χ1) is 6.56. The second-order valence-electron chi connectivity index (χ2n) is 5.45. The van der Waals surface area contributed by atoms with Crippen LogP contribution in [0.25, 0.3) is 0 Å². The van der Waals surface area contributed by atoms with Crippen LogP contribution < -0.4 is 0 Å². The van der Waals surface area contributed by atoms with Crippen molar-refractivity contribution in [2.24, 2.45) is 5.92 Å². The van der Waals surface area contributed by atoms with Crippen molar-refractivity contribution in [1.29, 1.82) is 0 Å². The maximum atomic E-state index is 5.97. The van der Waals surface area contributed by atoms with Crippen LogP contribution in [-0.4, -0.2) is 16.6 Å². The van der Waals surface area contributed by atoms with Gasteiger partial charge < -0.3 is 4.12 Å². The normalized spacial score (nSPS) is 11.7. The fraction of sp³-hybridized carbons (Fsp3) is 0.667. The van der Waals surface area contributed by atoms with Gasteiger partial charge in [-0.2, -0.15) is 0 Å². The Balaban J connectivity index is 0. The van der Waals surface area contributed by atoms with Crippen molar-refractivity contribution in [3.8, 4) is 0 Å². The third kappa shape index (κ3) is 13.9. The first-order valence-electron chi connectivity index (χ1n) is 5.53. The number of hydrogen-bond acceptors (Lipinski definition) is 1. The molecule has 0 amide bonds. The maximum absolute atomic E-state index is 5.97. The van der Waals surface area contributed by atoms with Crippen LogP contribution in [0.3, 0.4) is 0 Å². The Hall–Kier alpha value is -0.126. The molecule has 0 fully saturated rings. The van der Waals surface area contributed by atoms with E-state index in [1.54, 1.807) is 0 Å². The highest BCUT2D eigenvalue weighted by Crippen LogP contribution is 2.15. The molecule has 0 rings (SSSR count). The van der Waals surface area contributed by atoms with Gasteiger partial charge in [-0.3, -0.25) is 0 Å². The predicted octanol–water partition coefficient (Wildman–Crippen LogP) is 4.53. The fourth-order valence-electron chi connectivity index (χ4n) is 0.761. The zero-order chi connectivity index (χ0) is 12.7. The van der Waals surface area contributed by atoms with E-state index in [1.165, 1.54) is 0 Å². The lowest BCUT2D eigenvalue weighted by Crippen LogP contribution is -2.41. The van der Waals surface area contributed by atoms with Crippen molar-refractivity contribution in [3.63, 3.8) is 0 Å². The minimum absolute atomic E-state index is 0.833. The second-order valence-corrected chi connectivity index (χ2v) is 13.5. The predicted molar refractivity (Wildman–Crippen MR) is 77.0 cm³/mol. The molecule has 0 saturated heterocycles. The molecule has 15 heavy (non-hydrogen) atoms. The Labute approximate surface area is 98.5 Å². The van der Waals surface area contributed by atoms with Crippen LogP contribution in [0.1, 0.15) is 20.8 Å². The fourth-order valence-corrected chi connectivity index (χ4v) is 6.85. The molecule has 0 bridgehead atoms.